The highest BCUT2D eigenvalue weighted by Gasteiger charge is 2.39. The fraction of sp³-hybridized carbons (Fsp3) is 0.375. The zero-order valence-electron chi connectivity index (χ0n) is 16.7. The van der Waals surface area contributed by atoms with Crippen LogP contribution in [0.1, 0.15) is 35.1 Å². The van der Waals surface area contributed by atoms with Crippen molar-refractivity contribution in [2.45, 2.75) is 43.4 Å². The third kappa shape index (κ3) is 3.64. The predicted octanol–water partition coefficient (Wildman–Crippen LogP) is 3.83. The first-order chi connectivity index (χ1) is 14.1. The Hall–Kier alpha value is -2.40. The number of piperidine rings is 1. The average molecular weight is 405 g/mol. The average Bonchev–Trinajstić information content (AvgIpc) is 3.05. The number of likely N-dealkylation sites (tertiary alicyclic amines) is 1. The van der Waals surface area contributed by atoms with Gasteiger partial charge in [-0.15, -0.1) is 0 Å². The molecule has 0 unspecified atom stereocenters. The lowest BCUT2D eigenvalue weighted by Gasteiger charge is -2.39. The van der Waals surface area contributed by atoms with Gasteiger partial charge in [-0.25, -0.2) is 4.99 Å². The summed E-state index contributed by atoms with van der Waals surface area (Å²) in [6.07, 6.45) is 8.80. The zero-order chi connectivity index (χ0) is 19.8. The van der Waals surface area contributed by atoms with Crippen LogP contribution in [0.25, 0.3) is 0 Å². The molecule has 5 rings (SSSR count). The van der Waals surface area contributed by atoms with E-state index in [4.69, 9.17) is 11.5 Å². The van der Waals surface area contributed by atoms with E-state index >= 15 is 0 Å². The molecule has 0 aromatic heterocycles. The van der Waals surface area contributed by atoms with Gasteiger partial charge in [-0.1, -0.05) is 48.2 Å². The second kappa shape index (κ2) is 7.45. The first-order valence-electron chi connectivity index (χ1n) is 10.5. The number of aryl methyl sites for hydroxylation is 1. The smallest absolute Gasteiger partial charge is 0.195 e. The SMILES string of the molecule is NC(=N/C=C(\N)Sc1cccc2c1CC2)N1CCC2(CC1)Cc1ccccc1C2. The fourth-order valence-electron chi connectivity index (χ4n) is 5.01. The zero-order valence-corrected chi connectivity index (χ0v) is 17.5. The van der Waals surface area contributed by atoms with Crippen molar-refractivity contribution >= 4 is 17.7 Å². The summed E-state index contributed by atoms with van der Waals surface area (Å²) in [6.45, 7) is 1.94. The van der Waals surface area contributed by atoms with Crippen molar-refractivity contribution in [3.05, 3.63) is 75.9 Å². The summed E-state index contributed by atoms with van der Waals surface area (Å²) in [5, 5.41) is 0.688. The van der Waals surface area contributed by atoms with Crippen molar-refractivity contribution in [1.29, 1.82) is 0 Å². The number of fused-ring (bicyclic) bond motifs is 2. The maximum absolute atomic E-state index is 6.29. The number of hydrogen-bond donors (Lipinski definition) is 2. The molecule has 4 nitrogen and oxygen atoms in total. The predicted molar refractivity (Wildman–Crippen MR) is 121 cm³/mol. The standard InChI is InChI=1S/C24H28N4S/c25-22(29-21-7-3-6-17-8-9-20(17)21)16-27-23(26)28-12-10-24(11-13-28)14-18-4-1-2-5-19(18)15-24/h1-7,16H,8-15,25H2,(H2,26,27)/b22-16+. The molecule has 29 heavy (non-hydrogen) atoms. The van der Waals surface area contributed by atoms with Gasteiger partial charge in [-0.05, 0) is 72.3 Å². The third-order valence-corrected chi connectivity index (χ3v) is 7.77. The molecule has 0 amide bonds. The summed E-state index contributed by atoms with van der Waals surface area (Å²) >= 11 is 1.59. The van der Waals surface area contributed by atoms with Gasteiger partial charge in [0.15, 0.2) is 5.96 Å². The van der Waals surface area contributed by atoms with Gasteiger partial charge in [0.25, 0.3) is 0 Å². The molecule has 1 fully saturated rings. The summed E-state index contributed by atoms with van der Waals surface area (Å²) in [7, 11) is 0. The Morgan fingerprint density at radius 3 is 2.28 bits per heavy atom. The number of hydrogen-bond acceptors (Lipinski definition) is 3. The van der Waals surface area contributed by atoms with Crippen LogP contribution < -0.4 is 11.5 Å². The van der Waals surface area contributed by atoms with Crippen LogP contribution in [0.2, 0.25) is 0 Å². The van der Waals surface area contributed by atoms with Gasteiger partial charge in [-0.3, -0.25) is 0 Å². The molecule has 2 aromatic carbocycles. The summed E-state index contributed by atoms with van der Waals surface area (Å²) in [6, 6.07) is 15.3. The summed E-state index contributed by atoms with van der Waals surface area (Å²) in [4.78, 5) is 7.93. The lowest BCUT2D eigenvalue weighted by molar-refractivity contribution is 0.157. The molecule has 0 saturated carbocycles. The Bertz CT molecular complexity index is 959. The van der Waals surface area contributed by atoms with E-state index in [-0.39, 0.29) is 0 Å². The normalized spacial score (nSPS) is 20.3. The van der Waals surface area contributed by atoms with Gasteiger partial charge in [0.1, 0.15) is 0 Å². The number of guanidine groups is 1. The molecule has 2 aromatic rings. The molecule has 1 spiro atoms. The molecular formula is C24H28N4S. The van der Waals surface area contributed by atoms with E-state index in [1.54, 1.807) is 18.0 Å². The van der Waals surface area contributed by atoms with Gasteiger partial charge in [0.05, 0.1) is 11.2 Å². The Kier molecular flexibility index (Phi) is 4.78. The molecule has 1 heterocycles. The maximum Gasteiger partial charge on any atom is 0.195 e. The van der Waals surface area contributed by atoms with Crippen molar-refractivity contribution in [2.24, 2.45) is 21.9 Å². The minimum atomic E-state index is 0.417. The van der Waals surface area contributed by atoms with E-state index in [0.717, 1.165) is 19.5 Å². The molecule has 0 radical (unpaired) electrons. The number of nitrogens with two attached hydrogens (primary N) is 2. The highest BCUT2D eigenvalue weighted by atomic mass is 32.2. The van der Waals surface area contributed by atoms with Gasteiger partial charge in [0.2, 0.25) is 0 Å². The number of nitrogens with zero attached hydrogens (tertiary/aromatic N) is 2. The fourth-order valence-corrected chi connectivity index (χ4v) is 5.87. The van der Waals surface area contributed by atoms with Crippen LogP contribution in [-0.4, -0.2) is 23.9 Å². The summed E-state index contributed by atoms with van der Waals surface area (Å²) in [5.41, 5.74) is 18.9. The molecule has 4 N–H and O–H groups in total. The topological polar surface area (TPSA) is 67.6 Å². The van der Waals surface area contributed by atoms with Gasteiger partial charge in [0, 0.05) is 18.0 Å². The highest BCUT2D eigenvalue weighted by molar-refractivity contribution is 8.03. The Balaban J connectivity index is 1.19. The summed E-state index contributed by atoms with van der Waals surface area (Å²) < 4.78 is 0. The number of thioether (sulfide) groups is 1. The van der Waals surface area contributed by atoms with Gasteiger partial charge in [-0.2, -0.15) is 0 Å². The molecular weight excluding hydrogens is 376 g/mol. The van der Waals surface area contributed by atoms with Crippen LogP contribution in [-0.2, 0) is 25.7 Å². The van der Waals surface area contributed by atoms with Crippen LogP contribution >= 0.6 is 11.8 Å². The van der Waals surface area contributed by atoms with Crippen LogP contribution in [0, 0.1) is 5.41 Å². The molecule has 150 valence electrons. The van der Waals surface area contributed by atoms with Crippen molar-refractivity contribution in [3.8, 4) is 0 Å². The van der Waals surface area contributed by atoms with Crippen LogP contribution in [0.15, 0.2) is 63.6 Å². The molecule has 0 bridgehead atoms. The van der Waals surface area contributed by atoms with E-state index in [9.17, 15) is 0 Å². The first kappa shape index (κ1) is 18.6. The van der Waals surface area contributed by atoms with Crippen molar-refractivity contribution < 1.29 is 0 Å². The Morgan fingerprint density at radius 1 is 0.931 bits per heavy atom. The van der Waals surface area contributed by atoms with E-state index in [1.165, 1.54) is 59.3 Å². The minimum absolute atomic E-state index is 0.417. The molecule has 0 atom stereocenters. The minimum Gasteiger partial charge on any atom is -0.392 e. The Labute approximate surface area is 177 Å². The summed E-state index contributed by atoms with van der Waals surface area (Å²) in [5.74, 6) is 0.583. The first-order valence-corrected chi connectivity index (χ1v) is 11.3. The van der Waals surface area contributed by atoms with E-state index in [0.29, 0.717) is 16.4 Å². The maximum atomic E-state index is 6.29. The number of benzene rings is 2. The van der Waals surface area contributed by atoms with E-state index < -0.39 is 0 Å². The number of aliphatic imine (C=N–C) groups is 1. The van der Waals surface area contributed by atoms with Crippen molar-refractivity contribution in [2.75, 3.05) is 13.1 Å². The van der Waals surface area contributed by atoms with Crippen LogP contribution in [0.5, 0.6) is 0 Å². The lowest BCUT2D eigenvalue weighted by atomic mass is 9.76. The third-order valence-electron chi connectivity index (χ3n) is 6.82. The second-order valence-corrected chi connectivity index (χ2v) is 9.74. The van der Waals surface area contributed by atoms with Gasteiger partial charge < -0.3 is 16.4 Å². The molecule has 1 aliphatic heterocycles. The second-order valence-electron chi connectivity index (χ2n) is 8.62. The molecule has 2 aliphatic carbocycles. The van der Waals surface area contributed by atoms with Crippen LogP contribution in [0.4, 0.5) is 0 Å². The largest absolute Gasteiger partial charge is 0.392 e. The number of rotatable bonds is 3. The monoisotopic (exact) mass is 404 g/mol. The Morgan fingerprint density at radius 2 is 1.62 bits per heavy atom. The van der Waals surface area contributed by atoms with Gasteiger partial charge >= 0.3 is 0 Å². The molecule has 1 saturated heterocycles. The highest BCUT2D eigenvalue weighted by Crippen LogP contribution is 2.44. The lowest BCUT2D eigenvalue weighted by Crippen LogP contribution is -2.46. The quantitative estimate of drug-likeness (QED) is 0.463. The van der Waals surface area contributed by atoms with Crippen LogP contribution in [0.3, 0.4) is 0 Å². The van der Waals surface area contributed by atoms with E-state index in [2.05, 4.69) is 52.4 Å². The van der Waals surface area contributed by atoms with E-state index in [1.807, 2.05) is 0 Å². The van der Waals surface area contributed by atoms with Crippen molar-refractivity contribution in [1.82, 2.24) is 4.90 Å². The van der Waals surface area contributed by atoms with Crippen molar-refractivity contribution in [3.63, 3.8) is 0 Å². The molecule has 3 aliphatic rings. The molecule has 5 heteroatoms.